The lowest BCUT2D eigenvalue weighted by Crippen LogP contribution is -2.36. The molecule has 7 heteroatoms. The van der Waals surface area contributed by atoms with Crippen molar-refractivity contribution < 1.29 is 14.6 Å². The fourth-order valence-electron chi connectivity index (χ4n) is 2.31. The summed E-state index contributed by atoms with van der Waals surface area (Å²) in [4.78, 5) is 13.0. The number of aromatic amines is 1. The van der Waals surface area contributed by atoms with E-state index in [2.05, 4.69) is 15.1 Å². The second-order valence-corrected chi connectivity index (χ2v) is 5.14. The zero-order valence-electron chi connectivity index (χ0n) is 11.2. The average Bonchev–Trinajstić information content (AvgIpc) is 2.98. The molecule has 21 heavy (non-hydrogen) atoms. The molecule has 0 unspecified atom stereocenters. The minimum atomic E-state index is -1.04. The van der Waals surface area contributed by atoms with E-state index in [-0.39, 0.29) is 5.69 Å². The summed E-state index contributed by atoms with van der Waals surface area (Å²) in [5, 5.41) is 16.0. The fraction of sp³-hybridized carbons (Fsp3) is 0.286. The molecule has 2 N–H and O–H groups in total. The van der Waals surface area contributed by atoms with Gasteiger partial charge in [0.2, 0.25) is 0 Å². The van der Waals surface area contributed by atoms with E-state index in [0.717, 1.165) is 24.3 Å². The molecule has 0 bridgehead atoms. The number of morpholine rings is 1. The van der Waals surface area contributed by atoms with Crippen molar-refractivity contribution in [3.05, 3.63) is 35.0 Å². The van der Waals surface area contributed by atoms with Gasteiger partial charge >= 0.3 is 5.97 Å². The largest absolute Gasteiger partial charge is 0.477 e. The number of rotatable bonds is 3. The molecule has 2 heterocycles. The van der Waals surface area contributed by atoms with Crippen LogP contribution in [0.25, 0.3) is 11.3 Å². The molecule has 6 nitrogen and oxygen atoms in total. The lowest BCUT2D eigenvalue weighted by atomic mass is 10.1. The van der Waals surface area contributed by atoms with E-state index in [1.807, 2.05) is 12.1 Å². The Morgan fingerprint density at radius 1 is 1.33 bits per heavy atom. The number of carboxylic acids is 1. The van der Waals surface area contributed by atoms with Crippen LogP contribution in [0.15, 0.2) is 24.3 Å². The van der Waals surface area contributed by atoms with Crippen molar-refractivity contribution in [3.63, 3.8) is 0 Å². The smallest absolute Gasteiger partial charge is 0.353 e. The van der Waals surface area contributed by atoms with Crippen LogP contribution in [0.1, 0.15) is 10.5 Å². The summed E-state index contributed by atoms with van der Waals surface area (Å²) in [5.41, 5.74) is 2.35. The van der Waals surface area contributed by atoms with Crippen molar-refractivity contribution in [1.82, 2.24) is 10.2 Å². The predicted octanol–water partition coefficient (Wildman–Crippen LogP) is 2.26. The number of nitrogens with one attached hydrogen (secondary N) is 1. The molecule has 110 valence electrons. The summed E-state index contributed by atoms with van der Waals surface area (Å²) in [7, 11) is 0. The zero-order valence-corrected chi connectivity index (χ0v) is 11.9. The fourth-order valence-corrected chi connectivity index (χ4v) is 2.61. The van der Waals surface area contributed by atoms with Gasteiger partial charge in [0.1, 0.15) is 5.69 Å². The molecule has 1 aliphatic rings. The third-order valence-corrected chi connectivity index (χ3v) is 3.71. The van der Waals surface area contributed by atoms with Gasteiger partial charge in [0, 0.05) is 18.7 Å². The van der Waals surface area contributed by atoms with Gasteiger partial charge in [-0.15, -0.1) is 0 Å². The molecule has 1 fully saturated rings. The summed E-state index contributed by atoms with van der Waals surface area (Å²) in [6, 6.07) is 7.10. The molecule has 0 saturated carbocycles. The minimum absolute atomic E-state index is 0.0541. The molecular weight excluding hydrogens is 294 g/mol. The Labute approximate surface area is 126 Å². The Morgan fingerprint density at radius 3 is 2.71 bits per heavy atom. The van der Waals surface area contributed by atoms with Crippen molar-refractivity contribution >= 4 is 23.3 Å². The molecule has 1 aromatic carbocycles. The summed E-state index contributed by atoms with van der Waals surface area (Å²) < 4.78 is 5.32. The summed E-state index contributed by atoms with van der Waals surface area (Å²) in [5.74, 6) is -1.04. The van der Waals surface area contributed by atoms with Gasteiger partial charge in [0.25, 0.3) is 0 Å². The number of hydrogen-bond donors (Lipinski definition) is 2. The molecular formula is C14H14ClN3O3. The first kappa shape index (κ1) is 13.9. The quantitative estimate of drug-likeness (QED) is 0.909. The van der Waals surface area contributed by atoms with Crippen LogP contribution in [0.2, 0.25) is 5.02 Å². The summed E-state index contributed by atoms with van der Waals surface area (Å²) in [6.45, 7) is 3.01. The van der Waals surface area contributed by atoms with E-state index in [1.54, 1.807) is 6.07 Å². The van der Waals surface area contributed by atoms with E-state index in [1.165, 1.54) is 6.07 Å². The van der Waals surface area contributed by atoms with Gasteiger partial charge in [-0.3, -0.25) is 5.10 Å². The second-order valence-electron chi connectivity index (χ2n) is 4.74. The lowest BCUT2D eigenvalue weighted by Gasteiger charge is -2.29. The average molecular weight is 308 g/mol. The first-order valence-corrected chi connectivity index (χ1v) is 6.94. The molecule has 0 aliphatic carbocycles. The number of benzene rings is 1. The Bertz CT molecular complexity index is 665. The van der Waals surface area contributed by atoms with Crippen LogP contribution in [0.4, 0.5) is 5.69 Å². The van der Waals surface area contributed by atoms with E-state index >= 15 is 0 Å². The van der Waals surface area contributed by atoms with Crippen LogP contribution in [0.3, 0.4) is 0 Å². The Morgan fingerprint density at radius 2 is 2.10 bits per heavy atom. The van der Waals surface area contributed by atoms with Gasteiger partial charge < -0.3 is 14.7 Å². The lowest BCUT2D eigenvalue weighted by molar-refractivity contribution is 0.0690. The highest BCUT2D eigenvalue weighted by molar-refractivity contribution is 6.33. The Balaban J connectivity index is 1.87. The third kappa shape index (κ3) is 2.86. The van der Waals surface area contributed by atoms with Crippen LogP contribution >= 0.6 is 11.6 Å². The van der Waals surface area contributed by atoms with Gasteiger partial charge in [-0.2, -0.15) is 5.10 Å². The van der Waals surface area contributed by atoms with E-state index in [9.17, 15) is 4.79 Å². The van der Waals surface area contributed by atoms with Crippen molar-refractivity contribution in [1.29, 1.82) is 0 Å². The summed E-state index contributed by atoms with van der Waals surface area (Å²) >= 11 is 6.35. The normalized spacial score (nSPS) is 15.2. The molecule has 3 rings (SSSR count). The highest BCUT2D eigenvalue weighted by Gasteiger charge is 2.16. The van der Waals surface area contributed by atoms with Gasteiger partial charge in [-0.05, 0) is 18.2 Å². The first-order valence-electron chi connectivity index (χ1n) is 6.56. The maximum absolute atomic E-state index is 10.9. The second kappa shape index (κ2) is 5.75. The highest BCUT2D eigenvalue weighted by atomic mass is 35.5. The zero-order chi connectivity index (χ0) is 14.8. The van der Waals surface area contributed by atoms with Gasteiger partial charge in [-0.1, -0.05) is 17.7 Å². The third-order valence-electron chi connectivity index (χ3n) is 3.40. The SMILES string of the molecule is O=C(O)c1cc(-c2ccc(N3CCOCC3)c(Cl)c2)n[nH]1. The number of aromatic nitrogens is 2. The Hall–Kier alpha value is -2.05. The van der Waals surface area contributed by atoms with Crippen LogP contribution in [-0.4, -0.2) is 47.6 Å². The molecule has 0 radical (unpaired) electrons. The molecule has 1 saturated heterocycles. The topological polar surface area (TPSA) is 78.4 Å². The van der Waals surface area contributed by atoms with E-state index in [4.69, 9.17) is 21.4 Å². The number of carboxylic acid groups (broad SMARTS) is 1. The molecule has 2 aromatic rings. The van der Waals surface area contributed by atoms with Crippen LogP contribution in [-0.2, 0) is 4.74 Å². The maximum atomic E-state index is 10.9. The molecule has 1 aromatic heterocycles. The van der Waals surface area contributed by atoms with Crippen LogP contribution in [0.5, 0.6) is 0 Å². The van der Waals surface area contributed by atoms with Crippen molar-refractivity contribution in [2.75, 3.05) is 31.2 Å². The number of anilines is 1. The molecule has 0 atom stereocenters. The number of halogens is 1. The monoisotopic (exact) mass is 307 g/mol. The molecule has 0 spiro atoms. The summed E-state index contributed by atoms with van der Waals surface area (Å²) in [6.07, 6.45) is 0. The first-order chi connectivity index (χ1) is 10.1. The van der Waals surface area contributed by atoms with Gasteiger partial charge in [0.15, 0.2) is 0 Å². The standard InChI is InChI=1S/C14H14ClN3O3/c15-10-7-9(11-8-12(14(19)20)17-16-11)1-2-13(10)18-3-5-21-6-4-18/h1-2,7-8H,3-6H2,(H,16,17)(H,19,20). The maximum Gasteiger partial charge on any atom is 0.353 e. The van der Waals surface area contributed by atoms with Crippen LogP contribution in [0, 0.1) is 0 Å². The van der Waals surface area contributed by atoms with Crippen molar-refractivity contribution in [2.45, 2.75) is 0 Å². The molecule has 0 amide bonds. The molecule has 1 aliphatic heterocycles. The number of nitrogens with zero attached hydrogens (tertiary/aromatic N) is 2. The number of carbonyl (C=O) groups is 1. The van der Waals surface area contributed by atoms with E-state index < -0.39 is 5.97 Å². The van der Waals surface area contributed by atoms with E-state index in [0.29, 0.717) is 23.9 Å². The Kier molecular flexibility index (Phi) is 3.81. The predicted molar refractivity (Wildman–Crippen MR) is 79.0 cm³/mol. The van der Waals surface area contributed by atoms with Gasteiger partial charge in [-0.25, -0.2) is 4.79 Å². The van der Waals surface area contributed by atoms with Gasteiger partial charge in [0.05, 0.1) is 29.6 Å². The van der Waals surface area contributed by atoms with Crippen molar-refractivity contribution in [3.8, 4) is 11.3 Å². The number of aromatic carboxylic acids is 1. The highest BCUT2D eigenvalue weighted by Crippen LogP contribution is 2.31. The number of H-pyrrole nitrogens is 1. The van der Waals surface area contributed by atoms with Crippen LogP contribution < -0.4 is 4.90 Å². The number of hydrogen-bond acceptors (Lipinski definition) is 4. The minimum Gasteiger partial charge on any atom is -0.477 e. The number of ether oxygens (including phenoxy) is 1. The van der Waals surface area contributed by atoms with Crippen molar-refractivity contribution in [2.24, 2.45) is 0 Å².